The molecule has 6 nitrogen and oxygen atoms in total. The number of nitrogens with one attached hydrogen (secondary N) is 1. The first-order chi connectivity index (χ1) is 12.9. The molecule has 27 heavy (non-hydrogen) atoms. The maximum Gasteiger partial charge on any atom is 0.251 e. The fourth-order valence-electron chi connectivity index (χ4n) is 4.17. The lowest BCUT2D eigenvalue weighted by atomic mass is 9.95. The van der Waals surface area contributed by atoms with E-state index in [1.165, 1.54) is 11.3 Å². The molecule has 3 rings (SSSR count). The van der Waals surface area contributed by atoms with Gasteiger partial charge in [-0.05, 0) is 44.1 Å². The van der Waals surface area contributed by atoms with Gasteiger partial charge in [-0.15, -0.1) is 11.3 Å². The van der Waals surface area contributed by atoms with E-state index in [0.717, 1.165) is 61.8 Å². The molecule has 0 unspecified atom stereocenters. The van der Waals surface area contributed by atoms with Crippen molar-refractivity contribution in [3.63, 3.8) is 0 Å². The van der Waals surface area contributed by atoms with Crippen molar-refractivity contribution in [2.24, 2.45) is 11.7 Å². The van der Waals surface area contributed by atoms with Gasteiger partial charge in [0.05, 0.1) is 5.56 Å². The van der Waals surface area contributed by atoms with E-state index in [1.807, 2.05) is 13.8 Å². The van der Waals surface area contributed by atoms with Gasteiger partial charge in [-0.25, -0.2) is 0 Å². The number of anilines is 1. The van der Waals surface area contributed by atoms with Gasteiger partial charge in [0.25, 0.3) is 5.91 Å². The van der Waals surface area contributed by atoms with Gasteiger partial charge in [0.2, 0.25) is 11.8 Å². The Hall–Kier alpha value is -1.89. The Morgan fingerprint density at radius 1 is 1.15 bits per heavy atom. The third-order valence-electron chi connectivity index (χ3n) is 5.53. The van der Waals surface area contributed by atoms with E-state index >= 15 is 0 Å². The van der Waals surface area contributed by atoms with Crippen LogP contribution in [-0.4, -0.2) is 35.2 Å². The predicted octanol–water partition coefficient (Wildman–Crippen LogP) is 3.09. The molecular formula is C20H29N3O3S. The zero-order chi connectivity index (χ0) is 19.6. The third kappa shape index (κ3) is 4.34. The molecule has 0 saturated heterocycles. The van der Waals surface area contributed by atoms with Crippen LogP contribution in [0.2, 0.25) is 0 Å². The number of fused-ring (bicyclic) bond motifs is 1. The van der Waals surface area contributed by atoms with Crippen LogP contribution in [0.15, 0.2) is 0 Å². The number of nitrogens with zero attached hydrogens (tertiary/aromatic N) is 1. The number of nitrogens with two attached hydrogens (primary N) is 1. The number of aryl methyl sites for hydroxylation is 1. The van der Waals surface area contributed by atoms with Crippen molar-refractivity contribution in [2.75, 3.05) is 11.9 Å². The first-order valence-electron chi connectivity index (χ1n) is 9.93. The molecule has 0 bridgehead atoms. The lowest BCUT2D eigenvalue weighted by molar-refractivity contribution is -0.139. The van der Waals surface area contributed by atoms with E-state index < -0.39 is 5.91 Å². The second-order valence-corrected chi connectivity index (χ2v) is 8.99. The number of primary amides is 1. The highest BCUT2D eigenvalue weighted by molar-refractivity contribution is 7.17. The maximum atomic E-state index is 12.7. The van der Waals surface area contributed by atoms with Gasteiger partial charge < -0.3 is 16.0 Å². The zero-order valence-corrected chi connectivity index (χ0v) is 17.0. The van der Waals surface area contributed by atoms with Gasteiger partial charge in [-0.3, -0.25) is 14.4 Å². The fraction of sp³-hybridized carbons (Fsp3) is 0.650. The summed E-state index contributed by atoms with van der Waals surface area (Å²) in [5.41, 5.74) is 7.06. The van der Waals surface area contributed by atoms with Crippen LogP contribution in [0.4, 0.5) is 5.00 Å². The van der Waals surface area contributed by atoms with Crippen LogP contribution in [-0.2, 0) is 22.4 Å². The molecule has 1 aromatic heterocycles. The second-order valence-electron chi connectivity index (χ2n) is 7.89. The van der Waals surface area contributed by atoms with E-state index in [-0.39, 0.29) is 30.3 Å². The Morgan fingerprint density at radius 2 is 1.81 bits per heavy atom. The first kappa shape index (κ1) is 19.9. The lowest BCUT2D eigenvalue weighted by Gasteiger charge is -2.30. The van der Waals surface area contributed by atoms with Crippen molar-refractivity contribution in [1.82, 2.24) is 4.90 Å². The second kappa shape index (κ2) is 8.42. The Kier molecular flexibility index (Phi) is 6.19. The molecule has 7 heteroatoms. The summed E-state index contributed by atoms with van der Waals surface area (Å²) in [6.45, 7) is 3.75. The molecule has 1 heterocycles. The van der Waals surface area contributed by atoms with Crippen LogP contribution in [0, 0.1) is 5.92 Å². The Labute approximate surface area is 164 Å². The van der Waals surface area contributed by atoms with Crippen LogP contribution in [0.5, 0.6) is 0 Å². The van der Waals surface area contributed by atoms with Gasteiger partial charge in [-0.2, -0.15) is 0 Å². The molecule has 0 atom stereocenters. The summed E-state index contributed by atoms with van der Waals surface area (Å²) in [5, 5.41) is 3.43. The number of hydrogen-bond donors (Lipinski definition) is 2. The maximum absolute atomic E-state index is 12.7. The molecule has 148 valence electrons. The SMILES string of the molecule is CC(C)C(=O)N(CC(=O)Nc1sc2c(c1C(N)=O)CCCC2)C1CCCC1. The van der Waals surface area contributed by atoms with Crippen molar-refractivity contribution in [3.05, 3.63) is 16.0 Å². The molecule has 1 fully saturated rings. The molecule has 0 spiro atoms. The van der Waals surface area contributed by atoms with E-state index in [2.05, 4.69) is 5.32 Å². The predicted molar refractivity (Wildman–Crippen MR) is 107 cm³/mol. The van der Waals surface area contributed by atoms with Crippen molar-refractivity contribution in [3.8, 4) is 0 Å². The van der Waals surface area contributed by atoms with Gasteiger partial charge in [-0.1, -0.05) is 26.7 Å². The average Bonchev–Trinajstić information content (AvgIpc) is 3.26. The Bertz CT molecular complexity index is 735. The largest absolute Gasteiger partial charge is 0.365 e. The number of carbonyl (C=O) groups excluding carboxylic acids is 3. The molecular weight excluding hydrogens is 362 g/mol. The Morgan fingerprint density at radius 3 is 2.44 bits per heavy atom. The standard InChI is InChI=1S/C20H29N3O3S/c1-12(2)20(26)23(13-7-3-4-8-13)11-16(24)22-19-17(18(21)25)14-9-5-6-10-15(14)27-19/h12-13H,3-11H2,1-2H3,(H2,21,25)(H,22,24). The van der Waals surface area contributed by atoms with Crippen molar-refractivity contribution >= 4 is 34.1 Å². The minimum absolute atomic E-state index is 0.0117. The van der Waals surface area contributed by atoms with Crippen molar-refractivity contribution < 1.29 is 14.4 Å². The van der Waals surface area contributed by atoms with Gasteiger partial charge >= 0.3 is 0 Å². The molecule has 1 saturated carbocycles. The van der Waals surface area contributed by atoms with Gasteiger partial charge in [0.15, 0.2) is 0 Å². The number of carbonyl (C=O) groups is 3. The van der Waals surface area contributed by atoms with Crippen LogP contribution in [0.3, 0.4) is 0 Å². The highest BCUT2D eigenvalue weighted by Crippen LogP contribution is 2.38. The van der Waals surface area contributed by atoms with E-state index in [9.17, 15) is 14.4 Å². The van der Waals surface area contributed by atoms with Crippen LogP contribution in [0.1, 0.15) is 73.2 Å². The van der Waals surface area contributed by atoms with E-state index in [4.69, 9.17) is 5.73 Å². The molecule has 3 amide bonds. The van der Waals surface area contributed by atoms with E-state index in [1.54, 1.807) is 4.90 Å². The molecule has 2 aliphatic rings. The van der Waals surface area contributed by atoms with Gasteiger partial charge in [0.1, 0.15) is 11.5 Å². The molecule has 3 N–H and O–H groups in total. The highest BCUT2D eigenvalue weighted by Gasteiger charge is 2.31. The number of rotatable bonds is 6. The molecule has 0 aromatic carbocycles. The zero-order valence-electron chi connectivity index (χ0n) is 16.2. The first-order valence-corrected chi connectivity index (χ1v) is 10.7. The Balaban J connectivity index is 1.77. The summed E-state index contributed by atoms with van der Waals surface area (Å²) in [6, 6.07) is 0.137. The molecule has 2 aliphatic carbocycles. The lowest BCUT2D eigenvalue weighted by Crippen LogP contribution is -2.45. The minimum atomic E-state index is -0.490. The molecule has 0 aliphatic heterocycles. The monoisotopic (exact) mass is 391 g/mol. The fourth-order valence-corrected chi connectivity index (χ4v) is 5.48. The van der Waals surface area contributed by atoms with Crippen LogP contribution >= 0.6 is 11.3 Å². The summed E-state index contributed by atoms with van der Waals surface area (Å²) in [4.78, 5) is 40.2. The smallest absolute Gasteiger partial charge is 0.251 e. The highest BCUT2D eigenvalue weighted by atomic mass is 32.1. The summed E-state index contributed by atoms with van der Waals surface area (Å²) < 4.78 is 0. The van der Waals surface area contributed by atoms with Crippen molar-refractivity contribution in [1.29, 1.82) is 0 Å². The normalized spacial score (nSPS) is 17.0. The summed E-state index contributed by atoms with van der Waals surface area (Å²) in [5.74, 6) is -0.876. The van der Waals surface area contributed by atoms with Gasteiger partial charge in [0, 0.05) is 16.8 Å². The summed E-state index contributed by atoms with van der Waals surface area (Å²) in [7, 11) is 0. The quantitative estimate of drug-likeness (QED) is 0.780. The minimum Gasteiger partial charge on any atom is -0.365 e. The number of thiophene rings is 1. The van der Waals surface area contributed by atoms with Crippen LogP contribution < -0.4 is 11.1 Å². The average molecular weight is 392 g/mol. The number of hydrogen-bond acceptors (Lipinski definition) is 4. The van der Waals surface area contributed by atoms with E-state index in [0.29, 0.717) is 10.6 Å². The number of amides is 3. The molecule has 0 radical (unpaired) electrons. The summed E-state index contributed by atoms with van der Waals surface area (Å²) in [6.07, 6.45) is 7.98. The third-order valence-corrected chi connectivity index (χ3v) is 6.73. The molecule has 1 aromatic rings. The topological polar surface area (TPSA) is 92.5 Å². The summed E-state index contributed by atoms with van der Waals surface area (Å²) >= 11 is 1.46. The van der Waals surface area contributed by atoms with Crippen molar-refractivity contribution in [2.45, 2.75) is 71.3 Å². The van der Waals surface area contributed by atoms with Crippen LogP contribution in [0.25, 0.3) is 0 Å².